The van der Waals surface area contributed by atoms with E-state index >= 15 is 0 Å². The number of rotatable bonds is 3. The lowest BCUT2D eigenvalue weighted by atomic mass is 10.4. The highest BCUT2D eigenvalue weighted by Crippen LogP contribution is 2.17. The lowest BCUT2D eigenvalue weighted by Crippen LogP contribution is -2.14. The van der Waals surface area contributed by atoms with E-state index in [-0.39, 0.29) is 4.90 Å². The monoisotopic (exact) mass is 254 g/mol. The molecule has 0 atom stereocenters. The third kappa shape index (κ3) is 1.86. The highest BCUT2D eigenvalue weighted by Gasteiger charge is 2.23. The van der Waals surface area contributed by atoms with Gasteiger partial charge >= 0.3 is 0 Å². The molecule has 0 aromatic carbocycles. The van der Waals surface area contributed by atoms with Gasteiger partial charge in [0.05, 0.1) is 18.1 Å². The summed E-state index contributed by atoms with van der Waals surface area (Å²) in [6, 6.07) is 0. The van der Waals surface area contributed by atoms with Gasteiger partial charge in [-0.05, 0) is 26.3 Å². The Morgan fingerprint density at radius 3 is 2.41 bits per heavy atom. The van der Waals surface area contributed by atoms with Crippen molar-refractivity contribution in [2.75, 3.05) is 0 Å². The van der Waals surface area contributed by atoms with Gasteiger partial charge in [0.25, 0.3) is 10.0 Å². The Morgan fingerprint density at radius 2 is 1.94 bits per heavy atom. The zero-order valence-electron chi connectivity index (χ0n) is 9.95. The molecule has 0 spiro atoms. The summed E-state index contributed by atoms with van der Waals surface area (Å²) < 4.78 is 27.1. The zero-order valence-corrected chi connectivity index (χ0v) is 10.8. The van der Waals surface area contributed by atoms with E-state index in [0.29, 0.717) is 12.2 Å². The maximum absolute atomic E-state index is 12.2. The van der Waals surface area contributed by atoms with Crippen molar-refractivity contribution in [3.63, 3.8) is 0 Å². The molecule has 17 heavy (non-hydrogen) atoms. The van der Waals surface area contributed by atoms with Crippen LogP contribution in [0.4, 0.5) is 0 Å². The smallest absolute Gasteiger partial charge is 0.269 e. The molecule has 92 valence electrons. The minimum Gasteiger partial charge on any atom is -0.269 e. The average Bonchev–Trinajstić information content (AvgIpc) is 2.85. The average molecular weight is 254 g/mol. The van der Waals surface area contributed by atoms with E-state index in [1.807, 2.05) is 6.92 Å². The molecule has 0 unspecified atom stereocenters. The molecule has 0 saturated carbocycles. The Labute approximate surface area is 99.9 Å². The van der Waals surface area contributed by atoms with Gasteiger partial charge in [0.2, 0.25) is 0 Å². The van der Waals surface area contributed by atoms with E-state index in [2.05, 4.69) is 10.2 Å². The van der Waals surface area contributed by atoms with Gasteiger partial charge in [-0.1, -0.05) is 0 Å². The summed E-state index contributed by atoms with van der Waals surface area (Å²) in [6.07, 6.45) is 4.36. The van der Waals surface area contributed by atoms with Crippen LogP contribution in [-0.4, -0.2) is 27.4 Å². The molecule has 2 rings (SSSR count). The van der Waals surface area contributed by atoms with Gasteiger partial charge in [0.15, 0.2) is 0 Å². The molecule has 0 saturated heterocycles. The van der Waals surface area contributed by atoms with Crippen molar-refractivity contribution in [1.29, 1.82) is 0 Å². The molecular formula is C10H14N4O2S. The van der Waals surface area contributed by atoms with E-state index in [0.717, 1.165) is 9.65 Å². The minimum atomic E-state index is -3.62. The number of nitrogens with zero attached hydrogens (tertiary/aromatic N) is 4. The maximum atomic E-state index is 12.2. The van der Waals surface area contributed by atoms with Gasteiger partial charge < -0.3 is 0 Å². The number of aryl methyl sites for hydroxylation is 2. The molecule has 6 nitrogen and oxygen atoms in total. The quantitative estimate of drug-likeness (QED) is 0.817. The standard InChI is InChI=1S/C10H14N4O2S/c1-4-13-9(3)10(6-11-13)17(15,16)14-7-8(2)5-12-14/h5-7H,4H2,1-3H3. The van der Waals surface area contributed by atoms with Crippen LogP contribution in [0, 0.1) is 13.8 Å². The lowest BCUT2D eigenvalue weighted by molar-refractivity contribution is 0.578. The number of aromatic nitrogens is 4. The van der Waals surface area contributed by atoms with Crippen molar-refractivity contribution in [2.45, 2.75) is 32.2 Å². The summed E-state index contributed by atoms with van der Waals surface area (Å²) in [4.78, 5) is 0.197. The van der Waals surface area contributed by atoms with Gasteiger partial charge in [0, 0.05) is 12.7 Å². The summed E-state index contributed by atoms with van der Waals surface area (Å²) in [5.74, 6) is 0. The fourth-order valence-corrected chi connectivity index (χ4v) is 2.96. The van der Waals surface area contributed by atoms with Crippen molar-refractivity contribution in [3.05, 3.63) is 29.8 Å². The highest BCUT2D eigenvalue weighted by molar-refractivity contribution is 7.89. The largest absolute Gasteiger partial charge is 0.286 e. The van der Waals surface area contributed by atoms with E-state index in [9.17, 15) is 8.42 Å². The molecule has 0 aliphatic rings. The van der Waals surface area contributed by atoms with Crippen LogP contribution in [0.2, 0.25) is 0 Å². The van der Waals surface area contributed by atoms with Gasteiger partial charge in [0.1, 0.15) is 4.90 Å². The van der Waals surface area contributed by atoms with Crippen LogP contribution in [0.3, 0.4) is 0 Å². The molecule has 0 aliphatic heterocycles. The Morgan fingerprint density at radius 1 is 1.24 bits per heavy atom. The Bertz CT molecular complexity index is 639. The third-order valence-electron chi connectivity index (χ3n) is 2.57. The molecule has 0 aliphatic carbocycles. The molecule has 0 bridgehead atoms. The van der Waals surface area contributed by atoms with E-state index in [4.69, 9.17) is 0 Å². The van der Waals surface area contributed by atoms with Gasteiger partial charge in [-0.25, -0.2) is 0 Å². The van der Waals surface area contributed by atoms with Crippen LogP contribution >= 0.6 is 0 Å². The first-order valence-corrected chi connectivity index (χ1v) is 6.70. The first kappa shape index (κ1) is 11.8. The van der Waals surface area contributed by atoms with E-state index in [1.54, 1.807) is 18.5 Å². The predicted molar refractivity (Wildman–Crippen MR) is 62.2 cm³/mol. The Kier molecular flexibility index (Phi) is 2.78. The van der Waals surface area contributed by atoms with Crippen molar-refractivity contribution in [2.24, 2.45) is 0 Å². The molecule has 2 aromatic rings. The Balaban J connectivity index is 2.56. The lowest BCUT2D eigenvalue weighted by Gasteiger charge is -2.04. The van der Waals surface area contributed by atoms with Crippen LogP contribution in [0.5, 0.6) is 0 Å². The van der Waals surface area contributed by atoms with E-state index in [1.165, 1.54) is 18.6 Å². The molecule has 0 N–H and O–H groups in total. The number of hydrogen-bond donors (Lipinski definition) is 0. The molecule has 2 heterocycles. The summed E-state index contributed by atoms with van der Waals surface area (Å²) >= 11 is 0. The topological polar surface area (TPSA) is 69.8 Å². The van der Waals surface area contributed by atoms with Gasteiger partial charge in [-0.15, -0.1) is 0 Å². The molecule has 0 fully saturated rings. The second-order valence-electron chi connectivity index (χ2n) is 3.81. The van der Waals surface area contributed by atoms with Crippen LogP contribution in [-0.2, 0) is 16.6 Å². The second kappa shape index (κ2) is 3.99. The fourth-order valence-electron chi connectivity index (χ4n) is 1.62. The molecule has 0 radical (unpaired) electrons. The van der Waals surface area contributed by atoms with Crippen LogP contribution in [0.25, 0.3) is 0 Å². The van der Waals surface area contributed by atoms with Crippen LogP contribution in [0.1, 0.15) is 18.2 Å². The predicted octanol–water partition coefficient (Wildman–Crippen LogP) is 0.953. The normalized spacial score (nSPS) is 11.9. The van der Waals surface area contributed by atoms with Gasteiger partial charge in [-0.3, -0.25) is 4.68 Å². The first-order valence-electron chi connectivity index (χ1n) is 5.26. The SMILES string of the molecule is CCn1ncc(S(=O)(=O)n2cc(C)cn2)c1C. The van der Waals surface area contributed by atoms with Gasteiger partial charge in [-0.2, -0.15) is 22.7 Å². The summed E-state index contributed by atoms with van der Waals surface area (Å²) in [6.45, 7) is 6.08. The highest BCUT2D eigenvalue weighted by atomic mass is 32.2. The maximum Gasteiger partial charge on any atom is 0.286 e. The second-order valence-corrected chi connectivity index (χ2v) is 5.57. The van der Waals surface area contributed by atoms with Crippen LogP contribution in [0.15, 0.2) is 23.5 Å². The van der Waals surface area contributed by atoms with Crippen molar-refractivity contribution in [1.82, 2.24) is 19.0 Å². The summed E-state index contributed by atoms with van der Waals surface area (Å²) in [5.41, 5.74) is 1.43. The van der Waals surface area contributed by atoms with Crippen molar-refractivity contribution in [3.8, 4) is 0 Å². The van der Waals surface area contributed by atoms with Crippen LogP contribution < -0.4 is 0 Å². The molecular weight excluding hydrogens is 240 g/mol. The molecule has 0 amide bonds. The third-order valence-corrected chi connectivity index (χ3v) is 4.22. The summed E-state index contributed by atoms with van der Waals surface area (Å²) in [7, 11) is -3.62. The molecule has 2 aromatic heterocycles. The number of hydrogen-bond acceptors (Lipinski definition) is 4. The van der Waals surface area contributed by atoms with Crippen molar-refractivity contribution >= 4 is 10.0 Å². The Hall–Kier alpha value is -1.63. The van der Waals surface area contributed by atoms with E-state index < -0.39 is 10.0 Å². The van der Waals surface area contributed by atoms with Crippen molar-refractivity contribution < 1.29 is 8.42 Å². The fraction of sp³-hybridized carbons (Fsp3) is 0.400. The first-order chi connectivity index (χ1) is 7.96. The minimum absolute atomic E-state index is 0.197. The summed E-state index contributed by atoms with van der Waals surface area (Å²) in [5, 5.41) is 7.86. The molecule has 7 heteroatoms. The zero-order chi connectivity index (χ0) is 12.6.